The van der Waals surface area contributed by atoms with Gasteiger partial charge in [-0.25, -0.2) is 13.4 Å². The van der Waals surface area contributed by atoms with Gasteiger partial charge in [0.05, 0.1) is 30.9 Å². The normalized spacial score (nSPS) is 15.4. The average molecular weight is 569 g/mol. The van der Waals surface area contributed by atoms with E-state index in [4.69, 9.17) is 14.5 Å². The van der Waals surface area contributed by atoms with Crippen LogP contribution in [0.3, 0.4) is 0 Å². The van der Waals surface area contributed by atoms with E-state index in [0.717, 1.165) is 34.0 Å². The molecule has 1 aliphatic heterocycles. The number of thiazole rings is 1. The quantitative estimate of drug-likeness (QED) is 0.414. The lowest BCUT2D eigenvalue weighted by Crippen LogP contribution is -2.40. The monoisotopic (exact) mass is 567 g/mol. The molecule has 1 saturated heterocycles. The minimum absolute atomic E-state index is 0. The van der Waals surface area contributed by atoms with Crippen molar-refractivity contribution in [3.05, 3.63) is 58.7 Å². The van der Waals surface area contributed by atoms with Gasteiger partial charge in [0.25, 0.3) is 0 Å². The molecule has 184 valence electrons. The van der Waals surface area contributed by atoms with E-state index in [1.165, 1.54) is 4.31 Å². The lowest BCUT2D eigenvalue weighted by molar-refractivity contribution is 0.0730. The van der Waals surface area contributed by atoms with Crippen molar-refractivity contribution in [1.82, 2.24) is 8.87 Å². The van der Waals surface area contributed by atoms with Crippen molar-refractivity contribution in [2.45, 2.75) is 25.3 Å². The third kappa shape index (κ3) is 5.80. The molecule has 0 unspecified atom stereocenters. The number of ether oxygens (including phenoxy) is 2. The zero-order valence-corrected chi connectivity index (χ0v) is 22.9. The van der Waals surface area contributed by atoms with Gasteiger partial charge in [0.15, 0.2) is 4.80 Å². The minimum Gasteiger partial charge on any atom is -0.494 e. The molecule has 1 aromatic heterocycles. The number of methoxy groups -OCH3 is 1. The Labute approximate surface area is 215 Å². The highest BCUT2D eigenvalue weighted by atomic mass is 79.9. The molecule has 0 amide bonds. The predicted octanol–water partition coefficient (Wildman–Crippen LogP) is 4.71. The Morgan fingerprint density at radius 3 is 2.41 bits per heavy atom. The van der Waals surface area contributed by atoms with Crippen LogP contribution in [-0.4, -0.2) is 50.7 Å². The van der Waals surface area contributed by atoms with Crippen molar-refractivity contribution in [3.8, 4) is 17.0 Å². The Balaban J connectivity index is 0.00000324. The van der Waals surface area contributed by atoms with Gasteiger partial charge >= 0.3 is 0 Å². The number of para-hydroxylation sites is 2. The fourth-order valence-electron chi connectivity index (χ4n) is 3.75. The molecule has 0 N–H and O–H groups in total. The van der Waals surface area contributed by atoms with Gasteiger partial charge in [-0.15, -0.1) is 28.3 Å². The van der Waals surface area contributed by atoms with Gasteiger partial charge in [0.2, 0.25) is 10.0 Å². The molecule has 3 aromatic rings. The second-order valence-electron chi connectivity index (χ2n) is 8.23. The molecule has 4 rings (SSSR count). The first-order valence-electron chi connectivity index (χ1n) is 10.9. The number of aromatic nitrogens is 1. The van der Waals surface area contributed by atoms with Gasteiger partial charge in [0, 0.05) is 25.0 Å². The molecule has 0 radical (unpaired) electrons. The van der Waals surface area contributed by atoms with E-state index < -0.39 is 10.0 Å². The second kappa shape index (κ2) is 11.6. The van der Waals surface area contributed by atoms with Crippen LogP contribution in [-0.2, 0) is 21.3 Å². The Morgan fingerprint density at radius 2 is 1.76 bits per heavy atom. The van der Waals surface area contributed by atoms with Crippen molar-refractivity contribution in [1.29, 1.82) is 0 Å². The van der Waals surface area contributed by atoms with E-state index in [1.54, 1.807) is 30.6 Å². The van der Waals surface area contributed by atoms with Gasteiger partial charge < -0.3 is 14.0 Å². The maximum atomic E-state index is 13.0. The fraction of sp³-hybridized carbons (Fsp3) is 0.375. The summed E-state index contributed by atoms with van der Waals surface area (Å²) in [5.41, 5.74) is 2.74. The third-order valence-corrected chi connectivity index (χ3v) is 8.18. The summed E-state index contributed by atoms with van der Waals surface area (Å²) in [5.74, 6) is 1.14. The molecule has 0 bridgehead atoms. The molecule has 0 saturated carbocycles. The molecule has 2 heterocycles. The molecule has 2 aromatic carbocycles. The number of benzene rings is 2. The standard InChI is InChI=1S/C24H29N3O4S2.BrH/c1-18(2)16-27-22(17-32-24(27)25-21-6-4-5-7-23(21)30-3)19-8-10-20(11-9-19)33(28,29)26-12-14-31-15-13-26;/h4-11,17-18H,12-16H2,1-3H3;1H. The maximum Gasteiger partial charge on any atom is 0.243 e. The first-order chi connectivity index (χ1) is 15.9. The van der Waals surface area contributed by atoms with Crippen LogP contribution in [0.4, 0.5) is 5.69 Å². The number of morpholine rings is 1. The Morgan fingerprint density at radius 1 is 1.09 bits per heavy atom. The van der Waals surface area contributed by atoms with E-state index in [-0.39, 0.29) is 17.0 Å². The molecule has 7 nitrogen and oxygen atoms in total. The van der Waals surface area contributed by atoms with Crippen LogP contribution in [0.1, 0.15) is 13.8 Å². The van der Waals surface area contributed by atoms with E-state index in [0.29, 0.717) is 37.1 Å². The Bertz CT molecular complexity index is 1260. The van der Waals surface area contributed by atoms with Crippen LogP contribution in [0.15, 0.2) is 63.8 Å². The van der Waals surface area contributed by atoms with E-state index in [2.05, 4.69) is 23.8 Å². The summed E-state index contributed by atoms with van der Waals surface area (Å²) >= 11 is 1.56. The number of rotatable bonds is 7. The van der Waals surface area contributed by atoms with Crippen LogP contribution in [0.2, 0.25) is 0 Å². The number of sulfonamides is 1. The van der Waals surface area contributed by atoms with Crippen molar-refractivity contribution >= 4 is 44.0 Å². The number of hydrogen-bond donors (Lipinski definition) is 0. The summed E-state index contributed by atoms with van der Waals surface area (Å²) < 4.78 is 40.3. The maximum absolute atomic E-state index is 13.0. The second-order valence-corrected chi connectivity index (χ2v) is 11.0. The van der Waals surface area contributed by atoms with Crippen molar-refractivity contribution in [2.75, 3.05) is 33.4 Å². The molecular formula is C24H30BrN3O4S2. The van der Waals surface area contributed by atoms with Crippen LogP contribution in [0.5, 0.6) is 5.75 Å². The van der Waals surface area contributed by atoms with Crippen LogP contribution >= 0.6 is 28.3 Å². The third-order valence-electron chi connectivity index (χ3n) is 5.40. The zero-order valence-electron chi connectivity index (χ0n) is 19.5. The van der Waals surface area contributed by atoms with Gasteiger partial charge in [-0.3, -0.25) is 0 Å². The van der Waals surface area contributed by atoms with E-state index >= 15 is 0 Å². The van der Waals surface area contributed by atoms with Crippen molar-refractivity contribution in [2.24, 2.45) is 10.9 Å². The first kappa shape index (κ1) is 26.6. The largest absolute Gasteiger partial charge is 0.494 e. The number of halogens is 1. The van der Waals surface area contributed by atoms with Gasteiger partial charge in [-0.2, -0.15) is 4.31 Å². The molecule has 1 fully saturated rings. The molecule has 34 heavy (non-hydrogen) atoms. The highest BCUT2D eigenvalue weighted by molar-refractivity contribution is 8.93. The van der Waals surface area contributed by atoms with Gasteiger partial charge in [-0.1, -0.05) is 38.1 Å². The summed E-state index contributed by atoms with van der Waals surface area (Å²) in [7, 11) is -1.87. The first-order valence-corrected chi connectivity index (χ1v) is 13.3. The lowest BCUT2D eigenvalue weighted by atomic mass is 10.1. The SMILES string of the molecule is Br.COc1ccccc1N=c1scc(-c2ccc(S(=O)(=O)N3CCOCC3)cc2)n1CC(C)C. The smallest absolute Gasteiger partial charge is 0.243 e. The lowest BCUT2D eigenvalue weighted by Gasteiger charge is -2.26. The van der Waals surface area contributed by atoms with E-state index in [1.807, 2.05) is 36.4 Å². The minimum atomic E-state index is -3.52. The zero-order chi connectivity index (χ0) is 23.4. The average Bonchev–Trinajstić information content (AvgIpc) is 3.21. The van der Waals surface area contributed by atoms with E-state index in [9.17, 15) is 8.42 Å². The summed E-state index contributed by atoms with van der Waals surface area (Å²) in [6, 6.07) is 14.8. The van der Waals surface area contributed by atoms with Crippen molar-refractivity contribution < 1.29 is 17.9 Å². The van der Waals surface area contributed by atoms with Crippen LogP contribution in [0.25, 0.3) is 11.3 Å². The molecule has 0 aliphatic carbocycles. The molecule has 0 spiro atoms. The molecule has 10 heteroatoms. The highest BCUT2D eigenvalue weighted by Crippen LogP contribution is 2.28. The molecular weight excluding hydrogens is 538 g/mol. The number of nitrogens with zero attached hydrogens (tertiary/aromatic N) is 3. The predicted molar refractivity (Wildman–Crippen MR) is 141 cm³/mol. The molecule has 1 aliphatic rings. The summed E-state index contributed by atoms with van der Waals surface area (Å²) in [6.45, 7) is 6.76. The summed E-state index contributed by atoms with van der Waals surface area (Å²) in [5, 5.41) is 2.07. The van der Waals surface area contributed by atoms with Crippen LogP contribution < -0.4 is 9.54 Å². The Hall–Kier alpha value is -1.98. The summed E-state index contributed by atoms with van der Waals surface area (Å²) in [4.78, 5) is 6.04. The van der Waals surface area contributed by atoms with Gasteiger partial charge in [0.1, 0.15) is 11.4 Å². The fourth-order valence-corrected chi connectivity index (χ4v) is 6.09. The molecule has 0 atom stereocenters. The summed E-state index contributed by atoms with van der Waals surface area (Å²) in [6.07, 6.45) is 0. The Kier molecular flexibility index (Phi) is 9.11. The van der Waals surface area contributed by atoms with Crippen LogP contribution in [0, 0.1) is 5.92 Å². The highest BCUT2D eigenvalue weighted by Gasteiger charge is 2.26. The van der Waals surface area contributed by atoms with Gasteiger partial charge in [-0.05, 0) is 35.7 Å². The topological polar surface area (TPSA) is 73.1 Å². The van der Waals surface area contributed by atoms with Crippen molar-refractivity contribution in [3.63, 3.8) is 0 Å². The number of hydrogen-bond acceptors (Lipinski definition) is 6.